The monoisotopic (exact) mass is 294 g/mol. The normalized spacial score (nSPS) is 11.1. The van der Waals surface area contributed by atoms with Crippen molar-refractivity contribution < 1.29 is 4.92 Å². The van der Waals surface area contributed by atoms with Crippen molar-refractivity contribution in [1.82, 2.24) is 9.66 Å². The van der Waals surface area contributed by atoms with Crippen LogP contribution in [0.5, 0.6) is 0 Å². The molecule has 22 heavy (non-hydrogen) atoms. The minimum absolute atomic E-state index is 0.0759. The SMILES string of the molecule is O=c1c2ccccc2ncn1/N=C\c1ccccc1[N+](=O)[O-]. The van der Waals surface area contributed by atoms with Crippen LogP contribution in [0, 0.1) is 10.1 Å². The predicted molar refractivity (Wildman–Crippen MR) is 82.1 cm³/mol. The van der Waals surface area contributed by atoms with Gasteiger partial charge in [-0.05, 0) is 18.2 Å². The van der Waals surface area contributed by atoms with Crippen LogP contribution in [0.4, 0.5) is 5.69 Å². The lowest BCUT2D eigenvalue weighted by Gasteiger charge is -2.00. The maximum absolute atomic E-state index is 12.2. The van der Waals surface area contributed by atoms with Gasteiger partial charge in [0.1, 0.15) is 6.33 Å². The van der Waals surface area contributed by atoms with Crippen LogP contribution in [0.1, 0.15) is 5.56 Å². The van der Waals surface area contributed by atoms with Crippen LogP contribution in [0.3, 0.4) is 0 Å². The molecule has 3 aromatic rings. The van der Waals surface area contributed by atoms with E-state index in [4.69, 9.17) is 0 Å². The average molecular weight is 294 g/mol. The van der Waals surface area contributed by atoms with E-state index in [0.717, 1.165) is 4.68 Å². The van der Waals surface area contributed by atoms with Gasteiger partial charge in [-0.25, -0.2) is 4.98 Å². The summed E-state index contributed by atoms with van der Waals surface area (Å²) in [6.07, 6.45) is 2.56. The molecule has 0 spiro atoms. The molecule has 0 fully saturated rings. The van der Waals surface area contributed by atoms with Gasteiger partial charge in [0, 0.05) is 6.07 Å². The molecule has 1 heterocycles. The van der Waals surface area contributed by atoms with E-state index >= 15 is 0 Å². The highest BCUT2D eigenvalue weighted by atomic mass is 16.6. The van der Waals surface area contributed by atoms with E-state index in [1.165, 1.54) is 18.6 Å². The number of nitro groups is 1. The summed E-state index contributed by atoms with van der Waals surface area (Å²) in [6.45, 7) is 0. The van der Waals surface area contributed by atoms with Crippen molar-refractivity contribution in [3.05, 3.63) is 80.9 Å². The zero-order valence-electron chi connectivity index (χ0n) is 11.3. The van der Waals surface area contributed by atoms with E-state index in [2.05, 4.69) is 10.1 Å². The molecule has 0 unspecified atom stereocenters. The van der Waals surface area contributed by atoms with Crippen molar-refractivity contribution in [3.63, 3.8) is 0 Å². The van der Waals surface area contributed by atoms with Crippen LogP contribution in [-0.2, 0) is 0 Å². The van der Waals surface area contributed by atoms with Gasteiger partial charge < -0.3 is 0 Å². The quantitative estimate of drug-likeness (QED) is 0.420. The molecule has 0 atom stereocenters. The standard InChI is InChI=1S/C15H10N4O3/c20-15-12-6-2-3-7-13(12)16-10-18(15)17-9-11-5-1-4-8-14(11)19(21)22/h1-10H/b17-9-. The summed E-state index contributed by atoms with van der Waals surface area (Å²) >= 11 is 0. The Labute approximate surface area is 124 Å². The highest BCUT2D eigenvalue weighted by Crippen LogP contribution is 2.15. The van der Waals surface area contributed by atoms with E-state index in [9.17, 15) is 14.9 Å². The lowest BCUT2D eigenvalue weighted by Crippen LogP contribution is -2.17. The number of hydrogen-bond acceptors (Lipinski definition) is 5. The molecular weight excluding hydrogens is 284 g/mol. The molecule has 0 amide bonds. The van der Waals surface area contributed by atoms with Crippen molar-refractivity contribution in [2.45, 2.75) is 0 Å². The molecule has 7 nitrogen and oxygen atoms in total. The van der Waals surface area contributed by atoms with Gasteiger partial charge in [0.15, 0.2) is 0 Å². The van der Waals surface area contributed by atoms with Crippen molar-refractivity contribution in [2.75, 3.05) is 0 Å². The molecule has 0 radical (unpaired) electrons. The van der Waals surface area contributed by atoms with Crippen LogP contribution in [0.2, 0.25) is 0 Å². The molecule has 0 saturated carbocycles. The highest BCUT2D eigenvalue weighted by molar-refractivity contribution is 5.85. The first-order valence-electron chi connectivity index (χ1n) is 6.41. The maximum atomic E-state index is 12.2. The Balaban J connectivity index is 2.06. The number of aromatic nitrogens is 2. The minimum Gasteiger partial charge on any atom is -0.267 e. The summed E-state index contributed by atoms with van der Waals surface area (Å²) in [5.41, 5.74) is 0.477. The lowest BCUT2D eigenvalue weighted by molar-refractivity contribution is -0.385. The molecule has 0 aliphatic carbocycles. The van der Waals surface area contributed by atoms with Crippen LogP contribution in [0.25, 0.3) is 10.9 Å². The smallest absolute Gasteiger partial charge is 0.267 e. The van der Waals surface area contributed by atoms with Gasteiger partial charge >= 0.3 is 0 Å². The Morgan fingerprint density at radius 3 is 2.68 bits per heavy atom. The van der Waals surface area contributed by atoms with Gasteiger partial charge in [-0.1, -0.05) is 24.3 Å². The van der Waals surface area contributed by atoms with Gasteiger partial charge in [-0.2, -0.15) is 9.78 Å². The number of rotatable bonds is 3. The molecule has 3 rings (SSSR count). The molecule has 7 heteroatoms. The second-order valence-corrected chi connectivity index (χ2v) is 4.47. The molecule has 0 bridgehead atoms. The van der Waals surface area contributed by atoms with Gasteiger partial charge in [-0.15, -0.1) is 0 Å². The second kappa shape index (κ2) is 5.57. The molecular formula is C15H10N4O3. The van der Waals surface area contributed by atoms with E-state index in [1.54, 1.807) is 42.5 Å². The fraction of sp³-hybridized carbons (Fsp3) is 0. The largest absolute Gasteiger partial charge is 0.281 e. The first kappa shape index (κ1) is 13.6. The molecule has 108 valence electrons. The maximum Gasteiger partial charge on any atom is 0.281 e. The van der Waals surface area contributed by atoms with E-state index in [-0.39, 0.29) is 11.2 Å². The Morgan fingerprint density at radius 2 is 1.86 bits per heavy atom. The Bertz CT molecular complexity index is 947. The molecule has 0 saturated heterocycles. The average Bonchev–Trinajstić information content (AvgIpc) is 2.55. The molecule has 1 aromatic heterocycles. The summed E-state index contributed by atoms with van der Waals surface area (Å²) in [4.78, 5) is 26.8. The van der Waals surface area contributed by atoms with Crippen molar-refractivity contribution in [3.8, 4) is 0 Å². The third-order valence-electron chi connectivity index (χ3n) is 3.10. The van der Waals surface area contributed by atoms with Crippen molar-refractivity contribution >= 4 is 22.8 Å². The van der Waals surface area contributed by atoms with Crippen LogP contribution < -0.4 is 5.56 Å². The first-order valence-corrected chi connectivity index (χ1v) is 6.41. The van der Waals surface area contributed by atoms with Crippen LogP contribution >= 0.6 is 0 Å². The topological polar surface area (TPSA) is 90.4 Å². The summed E-state index contributed by atoms with van der Waals surface area (Å²) in [6, 6.07) is 13.1. The Kier molecular flexibility index (Phi) is 3.45. The highest BCUT2D eigenvalue weighted by Gasteiger charge is 2.10. The van der Waals surface area contributed by atoms with E-state index in [1.807, 2.05) is 0 Å². The molecule has 2 aromatic carbocycles. The summed E-state index contributed by atoms with van der Waals surface area (Å²) in [7, 11) is 0. The van der Waals surface area contributed by atoms with E-state index in [0.29, 0.717) is 16.5 Å². The zero-order valence-corrected chi connectivity index (χ0v) is 11.3. The zero-order chi connectivity index (χ0) is 15.5. The third kappa shape index (κ3) is 2.47. The number of nitrogens with zero attached hydrogens (tertiary/aromatic N) is 4. The van der Waals surface area contributed by atoms with E-state index < -0.39 is 4.92 Å². The van der Waals surface area contributed by atoms with Gasteiger partial charge in [0.2, 0.25) is 0 Å². The van der Waals surface area contributed by atoms with Crippen molar-refractivity contribution in [1.29, 1.82) is 0 Å². The Morgan fingerprint density at radius 1 is 1.14 bits per heavy atom. The summed E-state index contributed by atoms with van der Waals surface area (Å²) in [5, 5.41) is 15.4. The summed E-state index contributed by atoms with van der Waals surface area (Å²) < 4.78 is 1.05. The molecule has 0 N–H and O–H groups in total. The fourth-order valence-electron chi connectivity index (χ4n) is 2.03. The van der Waals surface area contributed by atoms with Crippen LogP contribution in [-0.4, -0.2) is 20.8 Å². The van der Waals surface area contributed by atoms with Gasteiger partial charge in [0.05, 0.1) is 27.6 Å². The second-order valence-electron chi connectivity index (χ2n) is 4.47. The third-order valence-corrected chi connectivity index (χ3v) is 3.10. The van der Waals surface area contributed by atoms with Gasteiger partial charge in [-0.3, -0.25) is 14.9 Å². The minimum atomic E-state index is -0.497. The fourth-order valence-corrected chi connectivity index (χ4v) is 2.03. The predicted octanol–water partition coefficient (Wildman–Crippen LogP) is 2.19. The van der Waals surface area contributed by atoms with Gasteiger partial charge in [0.25, 0.3) is 11.2 Å². The molecule has 0 aliphatic rings. The molecule has 0 aliphatic heterocycles. The number of hydrogen-bond donors (Lipinski definition) is 0. The lowest BCUT2D eigenvalue weighted by atomic mass is 10.2. The van der Waals surface area contributed by atoms with Crippen molar-refractivity contribution in [2.24, 2.45) is 5.10 Å². The number of para-hydroxylation sites is 2. The number of nitro benzene ring substituents is 1. The van der Waals surface area contributed by atoms with Crippen LogP contribution in [0.15, 0.2) is 64.8 Å². The summed E-state index contributed by atoms with van der Waals surface area (Å²) in [5.74, 6) is 0. The Hall–Kier alpha value is -3.35. The number of benzene rings is 2. The number of fused-ring (bicyclic) bond motifs is 1. The first-order chi connectivity index (χ1) is 10.7.